The van der Waals surface area contributed by atoms with Gasteiger partial charge in [-0.15, -0.1) is 0 Å². The zero-order valence-electron chi connectivity index (χ0n) is 13.0. The second kappa shape index (κ2) is 5.23. The molecular formula is C14H28N2O3S. The van der Waals surface area contributed by atoms with Crippen molar-refractivity contribution >= 4 is 9.84 Å². The van der Waals surface area contributed by atoms with Crippen molar-refractivity contribution in [1.82, 2.24) is 5.43 Å². The van der Waals surface area contributed by atoms with E-state index in [9.17, 15) is 8.42 Å². The fourth-order valence-corrected chi connectivity index (χ4v) is 5.88. The molecule has 0 radical (unpaired) electrons. The van der Waals surface area contributed by atoms with Gasteiger partial charge in [0.15, 0.2) is 9.84 Å². The minimum Gasteiger partial charge on any atom is -0.369 e. The second-order valence-corrected chi connectivity index (χ2v) is 9.78. The van der Waals surface area contributed by atoms with Gasteiger partial charge in [0.25, 0.3) is 0 Å². The van der Waals surface area contributed by atoms with E-state index in [1.54, 1.807) is 0 Å². The number of hydrogen-bond donors (Lipinski definition) is 2. The van der Waals surface area contributed by atoms with E-state index < -0.39 is 9.84 Å². The SMILES string of the molecule is CC1(C)CC(C(CC2CCS(=O)(=O)C2)NN)C(C)(C)O1. The van der Waals surface area contributed by atoms with Crippen LogP contribution < -0.4 is 11.3 Å². The molecule has 2 rings (SSSR count). The summed E-state index contributed by atoms with van der Waals surface area (Å²) in [6.45, 7) is 8.40. The average Bonchev–Trinajstić information content (AvgIpc) is 2.71. The molecule has 0 aromatic rings. The normalized spacial score (nSPS) is 36.0. The quantitative estimate of drug-likeness (QED) is 0.603. The Morgan fingerprint density at radius 3 is 2.40 bits per heavy atom. The van der Waals surface area contributed by atoms with Gasteiger partial charge in [0, 0.05) is 12.0 Å². The standard InChI is InChI=1S/C14H28N2O3S/c1-13(2)8-11(14(3,4)19-13)12(16-15)7-10-5-6-20(17,18)9-10/h10-12,16H,5-9,15H2,1-4H3. The molecule has 3 N–H and O–H groups in total. The lowest BCUT2D eigenvalue weighted by Crippen LogP contribution is -2.48. The molecule has 0 saturated carbocycles. The molecule has 3 unspecified atom stereocenters. The van der Waals surface area contributed by atoms with E-state index in [-0.39, 0.29) is 23.2 Å². The van der Waals surface area contributed by atoms with E-state index >= 15 is 0 Å². The summed E-state index contributed by atoms with van der Waals surface area (Å²) in [7, 11) is -2.82. The van der Waals surface area contributed by atoms with Crippen molar-refractivity contribution in [2.24, 2.45) is 17.7 Å². The molecule has 0 bridgehead atoms. The van der Waals surface area contributed by atoms with Crippen molar-refractivity contribution in [3.8, 4) is 0 Å². The molecule has 0 aromatic carbocycles. The Kier molecular flexibility index (Phi) is 4.24. The van der Waals surface area contributed by atoms with Crippen molar-refractivity contribution in [3.05, 3.63) is 0 Å². The maximum atomic E-state index is 11.6. The van der Waals surface area contributed by atoms with Crippen molar-refractivity contribution in [2.45, 2.75) is 64.2 Å². The van der Waals surface area contributed by atoms with Crippen LogP contribution in [0.15, 0.2) is 0 Å². The predicted octanol–water partition coefficient (Wildman–Crippen LogP) is 1.24. The molecule has 2 aliphatic heterocycles. The monoisotopic (exact) mass is 304 g/mol. The average molecular weight is 304 g/mol. The lowest BCUT2D eigenvalue weighted by atomic mass is 9.78. The van der Waals surface area contributed by atoms with E-state index in [4.69, 9.17) is 10.6 Å². The molecule has 2 saturated heterocycles. The first-order chi connectivity index (χ1) is 9.05. The summed E-state index contributed by atoms with van der Waals surface area (Å²) in [5.74, 6) is 6.91. The summed E-state index contributed by atoms with van der Waals surface area (Å²) < 4.78 is 29.3. The smallest absolute Gasteiger partial charge is 0.150 e. The summed E-state index contributed by atoms with van der Waals surface area (Å²) in [5, 5.41) is 0. The van der Waals surface area contributed by atoms with E-state index in [0.29, 0.717) is 17.4 Å². The molecule has 0 amide bonds. The highest BCUT2D eigenvalue weighted by Gasteiger charge is 2.49. The van der Waals surface area contributed by atoms with Crippen LogP contribution >= 0.6 is 0 Å². The Labute approximate surface area is 122 Å². The molecule has 6 heteroatoms. The van der Waals surface area contributed by atoms with E-state index in [2.05, 4.69) is 33.1 Å². The number of sulfone groups is 1. The molecule has 3 atom stereocenters. The minimum atomic E-state index is -2.82. The maximum absolute atomic E-state index is 11.6. The van der Waals surface area contributed by atoms with Crippen LogP contribution in [0.5, 0.6) is 0 Å². The minimum absolute atomic E-state index is 0.102. The van der Waals surface area contributed by atoms with Crippen LogP contribution in [-0.2, 0) is 14.6 Å². The summed E-state index contributed by atoms with van der Waals surface area (Å²) >= 11 is 0. The number of hydrazine groups is 1. The zero-order chi connectivity index (χ0) is 15.2. The maximum Gasteiger partial charge on any atom is 0.150 e. The molecule has 0 aromatic heterocycles. The number of nitrogens with two attached hydrogens (primary N) is 1. The van der Waals surface area contributed by atoms with Crippen LogP contribution in [0.25, 0.3) is 0 Å². The van der Waals surface area contributed by atoms with Gasteiger partial charge in [0.1, 0.15) is 0 Å². The molecule has 0 spiro atoms. The number of nitrogens with one attached hydrogen (secondary N) is 1. The molecule has 118 valence electrons. The van der Waals surface area contributed by atoms with Gasteiger partial charge in [0.2, 0.25) is 0 Å². The lowest BCUT2D eigenvalue weighted by molar-refractivity contribution is -0.0782. The van der Waals surface area contributed by atoms with Crippen molar-refractivity contribution in [1.29, 1.82) is 0 Å². The van der Waals surface area contributed by atoms with Crippen molar-refractivity contribution < 1.29 is 13.2 Å². The van der Waals surface area contributed by atoms with Crippen LogP contribution in [0, 0.1) is 11.8 Å². The van der Waals surface area contributed by atoms with Gasteiger partial charge >= 0.3 is 0 Å². The Morgan fingerprint density at radius 1 is 1.35 bits per heavy atom. The van der Waals surface area contributed by atoms with Gasteiger partial charge in [-0.3, -0.25) is 11.3 Å². The summed E-state index contributed by atoms with van der Waals surface area (Å²) in [6, 6.07) is 0.102. The summed E-state index contributed by atoms with van der Waals surface area (Å²) in [4.78, 5) is 0. The van der Waals surface area contributed by atoms with Crippen LogP contribution in [0.2, 0.25) is 0 Å². The molecule has 20 heavy (non-hydrogen) atoms. The molecular weight excluding hydrogens is 276 g/mol. The van der Waals surface area contributed by atoms with E-state index in [0.717, 1.165) is 19.3 Å². The Morgan fingerprint density at radius 2 is 2.00 bits per heavy atom. The Bertz CT molecular complexity index is 459. The third-order valence-electron chi connectivity index (χ3n) is 4.76. The van der Waals surface area contributed by atoms with Crippen LogP contribution in [-0.4, -0.2) is 37.2 Å². The Balaban J connectivity index is 2.05. The first kappa shape index (κ1) is 16.2. The highest BCUT2D eigenvalue weighted by atomic mass is 32.2. The van der Waals surface area contributed by atoms with Gasteiger partial charge in [-0.25, -0.2) is 8.42 Å². The summed E-state index contributed by atoms with van der Waals surface area (Å²) in [5.41, 5.74) is 2.53. The van der Waals surface area contributed by atoms with Crippen molar-refractivity contribution in [2.75, 3.05) is 11.5 Å². The Hall–Kier alpha value is -0.170. The molecule has 0 aliphatic carbocycles. The van der Waals surface area contributed by atoms with E-state index in [1.165, 1.54) is 0 Å². The van der Waals surface area contributed by atoms with Gasteiger partial charge < -0.3 is 4.74 Å². The summed E-state index contributed by atoms with van der Waals surface area (Å²) in [6.07, 6.45) is 2.51. The highest BCUT2D eigenvalue weighted by Crippen LogP contribution is 2.44. The van der Waals surface area contributed by atoms with Gasteiger partial charge in [0.05, 0.1) is 22.7 Å². The second-order valence-electron chi connectivity index (χ2n) is 7.55. The van der Waals surface area contributed by atoms with Crippen LogP contribution in [0.3, 0.4) is 0 Å². The third-order valence-corrected chi connectivity index (χ3v) is 6.59. The van der Waals surface area contributed by atoms with Crippen molar-refractivity contribution in [3.63, 3.8) is 0 Å². The fraction of sp³-hybridized carbons (Fsp3) is 1.00. The van der Waals surface area contributed by atoms with Crippen LogP contribution in [0.1, 0.15) is 47.0 Å². The third kappa shape index (κ3) is 3.53. The number of ether oxygens (including phenoxy) is 1. The first-order valence-corrected chi connectivity index (χ1v) is 9.23. The number of rotatable bonds is 4. The van der Waals surface area contributed by atoms with Crippen LogP contribution in [0.4, 0.5) is 0 Å². The predicted molar refractivity (Wildman–Crippen MR) is 79.8 cm³/mol. The highest BCUT2D eigenvalue weighted by molar-refractivity contribution is 7.91. The molecule has 2 heterocycles. The number of hydrogen-bond acceptors (Lipinski definition) is 5. The molecule has 2 aliphatic rings. The van der Waals surface area contributed by atoms with E-state index in [1.807, 2.05) is 0 Å². The van der Waals surface area contributed by atoms with Gasteiger partial charge in [-0.2, -0.15) is 0 Å². The largest absolute Gasteiger partial charge is 0.369 e. The topological polar surface area (TPSA) is 81.4 Å². The first-order valence-electron chi connectivity index (χ1n) is 7.41. The fourth-order valence-electron chi connectivity index (χ4n) is 4.00. The molecule has 5 nitrogen and oxygen atoms in total. The lowest BCUT2D eigenvalue weighted by Gasteiger charge is -2.33. The molecule has 2 fully saturated rings. The zero-order valence-corrected chi connectivity index (χ0v) is 13.8. The van der Waals surface area contributed by atoms with Gasteiger partial charge in [-0.05, 0) is 52.9 Å². The van der Waals surface area contributed by atoms with Gasteiger partial charge in [-0.1, -0.05) is 0 Å².